The number of benzene rings is 1. The topological polar surface area (TPSA) is 22.1 Å². The number of hydrogen-bond acceptors (Lipinski definition) is 2. The van der Waals surface area contributed by atoms with Gasteiger partial charge in [-0.15, -0.1) is 13.2 Å². The lowest BCUT2D eigenvalue weighted by Gasteiger charge is -2.10. The summed E-state index contributed by atoms with van der Waals surface area (Å²) in [6.07, 6.45) is -4.67. The van der Waals surface area contributed by atoms with Crippen LogP contribution in [0.25, 0.3) is 10.9 Å². The summed E-state index contributed by atoms with van der Waals surface area (Å²) in [6, 6.07) is 5.93. The van der Waals surface area contributed by atoms with E-state index >= 15 is 0 Å². The van der Waals surface area contributed by atoms with Crippen molar-refractivity contribution in [2.45, 2.75) is 13.3 Å². The summed E-state index contributed by atoms with van der Waals surface area (Å²) in [4.78, 5) is 4.23. The molecule has 0 aliphatic rings. The first kappa shape index (κ1) is 12.4. The number of fused-ring (bicyclic) bond motifs is 1. The lowest BCUT2D eigenvalue weighted by atomic mass is 10.2. The zero-order valence-corrected chi connectivity index (χ0v) is 10.8. The number of aryl methyl sites for hydroxylation is 1. The molecule has 0 N–H and O–H groups in total. The molecule has 0 spiro atoms. The maximum Gasteiger partial charge on any atom is 0.573 e. The third-order valence-corrected chi connectivity index (χ3v) is 2.98. The highest BCUT2D eigenvalue weighted by molar-refractivity contribution is 14.1. The van der Waals surface area contributed by atoms with Crippen molar-refractivity contribution in [2.75, 3.05) is 0 Å². The van der Waals surface area contributed by atoms with Gasteiger partial charge in [0.2, 0.25) is 0 Å². The van der Waals surface area contributed by atoms with E-state index in [1.54, 1.807) is 6.07 Å². The predicted octanol–water partition coefficient (Wildman–Crippen LogP) is 4.05. The first-order valence-electron chi connectivity index (χ1n) is 4.68. The second-order valence-electron chi connectivity index (χ2n) is 3.47. The van der Waals surface area contributed by atoms with E-state index in [1.807, 2.05) is 6.92 Å². The average molecular weight is 353 g/mol. The fourth-order valence-corrected chi connectivity index (χ4v) is 2.37. The van der Waals surface area contributed by atoms with Crippen LogP contribution in [0, 0.1) is 10.5 Å². The minimum atomic E-state index is -4.67. The molecule has 90 valence electrons. The molecular weight excluding hydrogens is 346 g/mol. The Morgan fingerprint density at radius 3 is 2.59 bits per heavy atom. The SMILES string of the molecule is Cc1cc(I)c2cc(OC(F)(F)F)ccc2n1. The first-order chi connectivity index (χ1) is 7.85. The van der Waals surface area contributed by atoms with E-state index in [4.69, 9.17) is 0 Å². The lowest BCUT2D eigenvalue weighted by molar-refractivity contribution is -0.274. The zero-order valence-electron chi connectivity index (χ0n) is 8.68. The summed E-state index contributed by atoms with van der Waals surface area (Å²) < 4.78 is 40.9. The molecule has 0 saturated heterocycles. The van der Waals surface area contributed by atoms with Crippen LogP contribution in [0.15, 0.2) is 24.3 Å². The van der Waals surface area contributed by atoms with Crippen LogP contribution in [-0.4, -0.2) is 11.3 Å². The minimum Gasteiger partial charge on any atom is -0.406 e. The molecule has 0 radical (unpaired) electrons. The minimum absolute atomic E-state index is 0.228. The van der Waals surface area contributed by atoms with Crippen LogP contribution in [0.1, 0.15) is 5.69 Å². The Labute approximate surface area is 109 Å². The number of halogens is 4. The van der Waals surface area contributed by atoms with Crippen molar-refractivity contribution < 1.29 is 17.9 Å². The molecule has 0 aliphatic carbocycles. The van der Waals surface area contributed by atoms with Crippen LogP contribution in [0.2, 0.25) is 0 Å². The molecule has 1 aromatic heterocycles. The average Bonchev–Trinajstić information content (AvgIpc) is 2.16. The number of nitrogens with zero attached hydrogens (tertiary/aromatic N) is 1. The van der Waals surface area contributed by atoms with E-state index in [0.29, 0.717) is 10.9 Å². The van der Waals surface area contributed by atoms with Gasteiger partial charge < -0.3 is 4.74 Å². The van der Waals surface area contributed by atoms with Gasteiger partial charge in [0.1, 0.15) is 5.75 Å². The molecule has 1 heterocycles. The van der Waals surface area contributed by atoms with Crippen LogP contribution >= 0.6 is 22.6 Å². The van der Waals surface area contributed by atoms with Crippen LogP contribution in [-0.2, 0) is 0 Å². The quantitative estimate of drug-likeness (QED) is 0.722. The Balaban J connectivity index is 2.51. The molecular formula is C11H7F3INO. The van der Waals surface area contributed by atoms with Crippen molar-refractivity contribution >= 4 is 33.5 Å². The Morgan fingerprint density at radius 1 is 1.24 bits per heavy atom. The molecule has 0 saturated carbocycles. The Morgan fingerprint density at radius 2 is 1.94 bits per heavy atom. The van der Waals surface area contributed by atoms with Gasteiger partial charge in [0.15, 0.2) is 0 Å². The first-order valence-corrected chi connectivity index (χ1v) is 5.76. The smallest absolute Gasteiger partial charge is 0.406 e. The van der Waals surface area contributed by atoms with Crippen LogP contribution in [0.4, 0.5) is 13.2 Å². The van der Waals surface area contributed by atoms with E-state index in [1.165, 1.54) is 18.2 Å². The standard InChI is InChI=1S/C11H7F3INO/c1-6-4-9(15)8-5-7(17-11(12,13)14)2-3-10(8)16-6/h2-5H,1H3. The highest BCUT2D eigenvalue weighted by Gasteiger charge is 2.31. The molecule has 0 atom stereocenters. The van der Waals surface area contributed by atoms with Crippen molar-refractivity contribution in [1.29, 1.82) is 0 Å². The van der Waals surface area contributed by atoms with E-state index in [2.05, 4.69) is 32.3 Å². The molecule has 0 bridgehead atoms. The van der Waals surface area contributed by atoms with Crippen molar-refractivity contribution in [3.63, 3.8) is 0 Å². The molecule has 2 aromatic rings. The summed E-state index contributed by atoms with van der Waals surface area (Å²) in [5.74, 6) is -0.228. The van der Waals surface area contributed by atoms with Crippen molar-refractivity contribution in [3.8, 4) is 5.75 Å². The number of hydrogen-bond donors (Lipinski definition) is 0. The molecule has 1 aromatic carbocycles. The summed E-state index contributed by atoms with van der Waals surface area (Å²) >= 11 is 2.06. The molecule has 0 amide bonds. The second kappa shape index (κ2) is 4.32. The van der Waals surface area contributed by atoms with Gasteiger partial charge in [-0.25, -0.2) is 0 Å². The van der Waals surface area contributed by atoms with Crippen molar-refractivity contribution in [2.24, 2.45) is 0 Å². The van der Waals surface area contributed by atoms with Gasteiger partial charge in [-0.2, -0.15) is 0 Å². The largest absolute Gasteiger partial charge is 0.573 e. The summed E-state index contributed by atoms with van der Waals surface area (Å²) in [6.45, 7) is 1.84. The van der Waals surface area contributed by atoms with Crippen molar-refractivity contribution in [3.05, 3.63) is 33.5 Å². The van der Waals surface area contributed by atoms with Gasteiger partial charge in [-0.05, 0) is 53.8 Å². The van der Waals surface area contributed by atoms with Gasteiger partial charge in [-0.1, -0.05) is 0 Å². The highest BCUT2D eigenvalue weighted by atomic mass is 127. The Bertz CT molecular complexity index is 568. The van der Waals surface area contributed by atoms with Crippen LogP contribution < -0.4 is 4.74 Å². The van der Waals surface area contributed by atoms with E-state index in [0.717, 1.165) is 9.26 Å². The zero-order chi connectivity index (χ0) is 12.6. The third-order valence-electron chi connectivity index (χ3n) is 2.09. The van der Waals surface area contributed by atoms with Crippen LogP contribution in [0.5, 0.6) is 5.75 Å². The van der Waals surface area contributed by atoms with Gasteiger partial charge in [0.25, 0.3) is 0 Å². The maximum atomic E-state index is 12.1. The van der Waals surface area contributed by atoms with Crippen molar-refractivity contribution in [1.82, 2.24) is 4.98 Å². The maximum absolute atomic E-state index is 12.1. The normalized spacial score (nSPS) is 11.8. The predicted molar refractivity (Wildman–Crippen MR) is 65.9 cm³/mol. The number of ether oxygens (including phenoxy) is 1. The van der Waals surface area contributed by atoms with E-state index < -0.39 is 6.36 Å². The number of pyridine rings is 1. The summed E-state index contributed by atoms with van der Waals surface area (Å²) in [5.41, 5.74) is 1.48. The fourth-order valence-electron chi connectivity index (χ4n) is 1.48. The van der Waals surface area contributed by atoms with Gasteiger partial charge in [0.05, 0.1) is 5.52 Å². The fraction of sp³-hybridized carbons (Fsp3) is 0.182. The molecule has 2 nitrogen and oxygen atoms in total. The van der Waals surface area contributed by atoms with Gasteiger partial charge in [-0.3, -0.25) is 4.98 Å². The monoisotopic (exact) mass is 353 g/mol. The highest BCUT2D eigenvalue weighted by Crippen LogP contribution is 2.28. The lowest BCUT2D eigenvalue weighted by Crippen LogP contribution is -2.17. The third kappa shape index (κ3) is 2.99. The van der Waals surface area contributed by atoms with Gasteiger partial charge in [0, 0.05) is 14.7 Å². The summed E-state index contributed by atoms with van der Waals surface area (Å²) in [7, 11) is 0. The van der Waals surface area contributed by atoms with E-state index in [-0.39, 0.29) is 5.75 Å². The van der Waals surface area contributed by atoms with Crippen LogP contribution in [0.3, 0.4) is 0 Å². The molecule has 6 heteroatoms. The molecule has 0 fully saturated rings. The number of alkyl halides is 3. The number of rotatable bonds is 1. The molecule has 2 rings (SSSR count). The molecule has 0 unspecified atom stereocenters. The van der Waals surface area contributed by atoms with E-state index in [9.17, 15) is 13.2 Å². The molecule has 0 aliphatic heterocycles. The Hall–Kier alpha value is -1.05. The van der Waals surface area contributed by atoms with Gasteiger partial charge >= 0.3 is 6.36 Å². The number of aromatic nitrogens is 1. The Kier molecular flexibility index (Phi) is 3.15. The molecule has 17 heavy (non-hydrogen) atoms. The summed E-state index contributed by atoms with van der Waals surface area (Å²) in [5, 5.41) is 0.651. The second-order valence-corrected chi connectivity index (χ2v) is 4.63.